The lowest BCUT2D eigenvalue weighted by atomic mass is 10.2. The fraction of sp³-hybridized carbons (Fsp3) is 0.455. The van der Waals surface area contributed by atoms with Crippen molar-refractivity contribution >= 4 is 0 Å². The van der Waals surface area contributed by atoms with E-state index in [0.29, 0.717) is 0 Å². The molecule has 4 heteroatoms. The molecule has 15 heavy (non-hydrogen) atoms. The first-order valence-corrected chi connectivity index (χ1v) is 4.83. The minimum atomic E-state index is -0.427. The molecule has 0 aliphatic rings. The Balaban J connectivity index is 2.50. The van der Waals surface area contributed by atoms with Crippen LogP contribution in [0, 0.1) is 0 Å². The highest BCUT2D eigenvalue weighted by Gasteiger charge is 2.11. The lowest BCUT2D eigenvalue weighted by Crippen LogP contribution is -2.31. The summed E-state index contributed by atoms with van der Waals surface area (Å²) < 4.78 is 10.6. The summed E-state index contributed by atoms with van der Waals surface area (Å²) in [6, 6.07) is 9.21. The first-order chi connectivity index (χ1) is 7.27. The Morgan fingerprint density at radius 2 is 2.00 bits per heavy atom. The molecule has 4 nitrogen and oxygen atoms in total. The fourth-order valence-corrected chi connectivity index (χ4v) is 1.17. The second-order valence-corrected chi connectivity index (χ2v) is 3.25. The van der Waals surface area contributed by atoms with Gasteiger partial charge in [-0.05, 0) is 0 Å². The van der Waals surface area contributed by atoms with Gasteiger partial charge in [0.15, 0.2) is 6.29 Å². The second kappa shape index (κ2) is 6.53. The summed E-state index contributed by atoms with van der Waals surface area (Å²) in [6.07, 6.45) is -0.427. The number of ether oxygens (including phenoxy) is 2. The van der Waals surface area contributed by atoms with Crippen molar-refractivity contribution in [1.29, 1.82) is 0 Å². The number of hydrogen-bond acceptors (Lipinski definition) is 4. The van der Waals surface area contributed by atoms with E-state index >= 15 is 0 Å². The quantitative estimate of drug-likeness (QED) is 0.679. The van der Waals surface area contributed by atoms with Crippen molar-refractivity contribution in [2.75, 3.05) is 20.3 Å². The van der Waals surface area contributed by atoms with Crippen LogP contribution in [0.25, 0.3) is 0 Å². The largest absolute Gasteiger partial charge is 0.395 e. The number of nitrogens with two attached hydrogens (primary N) is 1. The Morgan fingerprint density at radius 1 is 1.33 bits per heavy atom. The first kappa shape index (κ1) is 12.1. The van der Waals surface area contributed by atoms with Gasteiger partial charge in [0.1, 0.15) is 0 Å². The van der Waals surface area contributed by atoms with Crippen LogP contribution in [0.3, 0.4) is 0 Å². The van der Waals surface area contributed by atoms with Crippen molar-refractivity contribution in [3.8, 4) is 0 Å². The molecule has 0 radical (unpaired) electrons. The highest BCUT2D eigenvalue weighted by molar-refractivity contribution is 5.15. The molecule has 0 saturated carbocycles. The molecule has 84 valence electrons. The van der Waals surface area contributed by atoms with Gasteiger partial charge in [-0.1, -0.05) is 30.3 Å². The van der Waals surface area contributed by atoms with Gasteiger partial charge in [-0.15, -0.1) is 0 Å². The molecule has 0 fully saturated rings. The minimum absolute atomic E-state index is 0.0920. The van der Waals surface area contributed by atoms with Gasteiger partial charge in [0.25, 0.3) is 0 Å². The molecule has 0 saturated heterocycles. The zero-order valence-corrected chi connectivity index (χ0v) is 8.80. The highest BCUT2D eigenvalue weighted by atomic mass is 16.7. The van der Waals surface area contributed by atoms with Gasteiger partial charge in [0.2, 0.25) is 0 Å². The molecule has 2 unspecified atom stereocenters. The summed E-state index contributed by atoms with van der Waals surface area (Å²) in [7, 11) is 1.57. The van der Waals surface area contributed by atoms with Crippen LogP contribution in [0.5, 0.6) is 0 Å². The van der Waals surface area contributed by atoms with E-state index in [2.05, 4.69) is 0 Å². The van der Waals surface area contributed by atoms with E-state index < -0.39 is 6.29 Å². The molecule has 0 heterocycles. The third kappa shape index (κ3) is 3.97. The van der Waals surface area contributed by atoms with Crippen LogP contribution >= 0.6 is 0 Å². The SMILES string of the molecule is COC(OCC(N)CO)c1ccccc1. The summed E-state index contributed by atoms with van der Waals surface area (Å²) in [4.78, 5) is 0. The predicted octanol–water partition coefficient (Wildman–Crippen LogP) is 0.668. The van der Waals surface area contributed by atoms with E-state index in [1.807, 2.05) is 30.3 Å². The molecule has 0 aliphatic heterocycles. The Morgan fingerprint density at radius 3 is 2.53 bits per heavy atom. The van der Waals surface area contributed by atoms with Gasteiger partial charge in [0, 0.05) is 12.7 Å². The van der Waals surface area contributed by atoms with Crippen LogP contribution in [-0.2, 0) is 9.47 Å². The van der Waals surface area contributed by atoms with Crippen molar-refractivity contribution in [3.63, 3.8) is 0 Å². The maximum absolute atomic E-state index is 8.75. The first-order valence-electron chi connectivity index (χ1n) is 4.83. The number of methoxy groups -OCH3 is 1. The molecule has 3 N–H and O–H groups in total. The van der Waals surface area contributed by atoms with E-state index in [9.17, 15) is 0 Å². The maximum atomic E-state index is 8.75. The van der Waals surface area contributed by atoms with Gasteiger partial charge < -0.3 is 20.3 Å². The summed E-state index contributed by atoms with van der Waals surface area (Å²) in [5, 5.41) is 8.75. The molecule has 0 aliphatic carbocycles. The van der Waals surface area contributed by atoms with Crippen molar-refractivity contribution in [2.24, 2.45) is 5.73 Å². The number of rotatable bonds is 6. The van der Waals surface area contributed by atoms with Crippen molar-refractivity contribution in [3.05, 3.63) is 35.9 Å². The Bertz CT molecular complexity index is 266. The van der Waals surface area contributed by atoms with Crippen LogP contribution < -0.4 is 5.73 Å². The molecule has 0 spiro atoms. The van der Waals surface area contributed by atoms with Crippen molar-refractivity contribution < 1.29 is 14.6 Å². The van der Waals surface area contributed by atoms with Crippen LogP contribution in [0.4, 0.5) is 0 Å². The average molecular weight is 211 g/mol. The maximum Gasteiger partial charge on any atom is 0.183 e. The lowest BCUT2D eigenvalue weighted by Gasteiger charge is -2.18. The normalized spacial score (nSPS) is 14.9. The Hall–Kier alpha value is -0.940. The number of aliphatic hydroxyl groups is 1. The third-order valence-corrected chi connectivity index (χ3v) is 1.98. The van der Waals surface area contributed by atoms with E-state index in [4.69, 9.17) is 20.3 Å². The van der Waals surface area contributed by atoms with Crippen molar-refractivity contribution in [2.45, 2.75) is 12.3 Å². The van der Waals surface area contributed by atoms with E-state index in [1.54, 1.807) is 7.11 Å². The van der Waals surface area contributed by atoms with Gasteiger partial charge in [0.05, 0.1) is 19.3 Å². The topological polar surface area (TPSA) is 64.7 Å². The zero-order valence-electron chi connectivity index (χ0n) is 8.80. The molecule has 2 atom stereocenters. The van der Waals surface area contributed by atoms with E-state index in [1.165, 1.54) is 0 Å². The summed E-state index contributed by atoms with van der Waals surface area (Å²) in [5.41, 5.74) is 6.46. The van der Waals surface area contributed by atoms with Crippen molar-refractivity contribution in [1.82, 2.24) is 0 Å². The summed E-state index contributed by atoms with van der Waals surface area (Å²) in [6.45, 7) is 0.176. The van der Waals surface area contributed by atoms with Gasteiger partial charge in [-0.2, -0.15) is 0 Å². The molecule has 1 aromatic rings. The zero-order chi connectivity index (χ0) is 11.1. The average Bonchev–Trinajstić information content (AvgIpc) is 2.31. The van der Waals surface area contributed by atoms with Gasteiger partial charge in [-0.3, -0.25) is 0 Å². The van der Waals surface area contributed by atoms with E-state index in [-0.39, 0.29) is 19.3 Å². The molecule has 0 aromatic heterocycles. The monoisotopic (exact) mass is 211 g/mol. The highest BCUT2D eigenvalue weighted by Crippen LogP contribution is 2.17. The molecular weight excluding hydrogens is 194 g/mol. The number of benzene rings is 1. The Labute approximate surface area is 89.6 Å². The molecule has 1 aromatic carbocycles. The molecular formula is C11H17NO3. The van der Waals surface area contributed by atoms with Crippen LogP contribution in [0.15, 0.2) is 30.3 Å². The minimum Gasteiger partial charge on any atom is -0.395 e. The predicted molar refractivity (Wildman–Crippen MR) is 57.2 cm³/mol. The van der Waals surface area contributed by atoms with Crippen LogP contribution in [-0.4, -0.2) is 31.5 Å². The Kier molecular flexibility index (Phi) is 5.28. The van der Waals surface area contributed by atoms with Crippen LogP contribution in [0.2, 0.25) is 0 Å². The molecule has 1 rings (SSSR count). The summed E-state index contributed by atoms with van der Waals surface area (Å²) >= 11 is 0. The van der Waals surface area contributed by atoms with E-state index in [0.717, 1.165) is 5.56 Å². The fourth-order valence-electron chi connectivity index (χ4n) is 1.17. The third-order valence-electron chi connectivity index (χ3n) is 1.98. The molecule has 0 bridgehead atoms. The number of hydrogen-bond donors (Lipinski definition) is 2. The lowest BCUT2D eigenvalue weighted by molar-refractivity contribution is -0.132. The van der Waals surface area contributed by atoms with Gasteiger partial charge >= 0.3 is 0 Å². The molecule has 0 amide bonds. The van der Waals surface area contributed by atoms with Gasteiger partial charge in [-0.25, -0.2) is 0 Å². The second-order valence-electron chi connectivity index (χ2n) is 3.25. The number of aliphatic hydroxyl groups excluding tert-OH is 1. The summed E-state index contributed by atoms with van der Waals surface area (Å²) in [5.74, 6) is 0. The van der Waals surface area contributed by atoms with Crippen LogP contribution in [0.1, 0.15) is 11.9 Å². The standard InChI is InChI=1S/C11H17NO3/c1-14-11(15-8-10(12)7-13)9-5-3-2-4-6-9/h2-6,10-11,13H,7-8,12H2,1H3. The smallest absolute Gasteiger partial charge is 0.183 e.